The number of allylic oxidation sites excluding steroid dienone is 6. The average molecular weight is 491 g/mol. The number of benzene rings is 1. The van der Waals surface area contributed by atoms with Crippen LogP contribution in [-0.2, 0) is 9.47 Å². The Hall–Kier alpha value is -1.92. The molecule has 1 saturated heterocycles. The van der Waals surface area contributed by atoms with E-state index < -0.39 is 29.2 Å². The van der Waals surface area contributed by atoms with Gasteiger partial charge in [-0.15, -0.1) is 0 Å². The summed E-state index contributed by atoms with van der Waals surface area (Å²) < 4.78 is 69.4. The lowest BCUT2D eigenvalue weighted by Gasteiger charge is -2.31. The lowest BCUT2D eigenvalue weighted by Crippen LogP contribution is -2.23. The first-order chi connectivity index (χ1) is 17.0. The van der Waals surface area contributed by atoms with Gasteiger partial charge in [0.25, 0.3) is 0 Å². The summed E-state index contributed by atoms with van der Waals surface area (Å²) in [7, 11) is 1.70. The van der Waals surface area contributed by atoms with Crippen molar-refractivity contribution in [3.63, 3.8) is 0 Å². The number of rotatable bonds is 6. The van der Waals surface area contributed by atoms with Gasteiger partial charge in [-0.05, 0) is 86.7 Å². The Morgan fingerprint density at radius 3 is 2.11 bits per heavy atom. The lowest BCUT2D eigenvalue weighted by molar-refractivity contribution is 0.0611. The third kappa shape index (κ3) is 5.29. The second-order valence-corrected chi connectivity index (χ2v) is 10.6. The van der Waals surface area contributed by atoms with Gasteiger partial charge in [0, 0.05) is 18.6 Å². The van der Waals surface area contributed by atoms with Crippen LogP contribution >= 0.6 is 0 Å². The van der Waals surface area contributed by atoms with Crippen molar-refractivity contribution in [3.05, 3.63) is 70.3 Å². The monoisotopic (exact) mass is 490 g/mol. The van der Waals surface area contributed by atoms with E-state index in [9.17, 15) is 17.6 Å². The van der Waals surface area contributed by atoms with E-state index in [4.69, 9.17) is 9.47 Å². The zero-order chi connectivity index (χ0) is 24.5. The maximum absolute atomic E-state index is 14.9. The van der Waals surface area contributed by atoms with Gasteiger partial charge in [0.15, 0.2) is 17.5 Å². The van der Waals surface area contributed by atoms with Crippen LogP contribution in [0.25, 0.3) is 0 Å². The van der Waals surface area contributed by atoms with Crippen LogP contribution in [0.15, 0.2) is 47.6 Å². The summed E-state index contributed by atoms with van der Waals surface area (Å²) in [5.74, 6) is -3.13. The van der Waals surface area contributed by atoms with E-state index in [1.54, 1.807) is 25.3 Å². The Kier molecular flexibility index (Phi) is 7.50. The topological polar surface area (TPSA) is 21.8 Å². The zero-order valence-electron chi connectivity index (χ0n) is 20.3. The van der Waals surface area contributed by atoms with Crippen LogP contribution in [0.4, 0.5) is 17.6 Å². The predicted octanol–water partition coefficient (Wildman–Crippen LogP) is 8.17. The summed E-state index contributed by atoms with van der Waals surface area (Å²) in [6.45, 7) is 0.445. The zero-order valence-corrected chi connectivity index (χ0v) is 20.3. The Balaban J connectivity index is 1.16. The summed E-state index contributed by atoms with van der Waals surface area (Å²) in [5.41, 5.74) is 1.28. The third-order valence-corrected chi connectivity index (χ3v) is 8.48. The Morgan fingerprint density at radius 2 is 1.46 bits per heavy atom. The van der Waals surface area contributed by atoms with Crippen LogP contribution in [0.1, 0.15) is 80.9 Å². The molecule has 1 aliphatic heterocycles. The highest BCUT2D eigenvalue weighted by Gasteiger charge is 2.33. The van der Waals surface area contributed by atoms with Gasteiger partial charge in [0.1, 0.15) is 11.9 Å². The second-order valence-electron chi connectivity index (χ2n) is 10.6. The molecule has 2 atom stereocenters. The van der Waals surface area contributed by atoms with Gasteiger partial charge < -0.3 is 9.47 Å². The molecule has 0 radical (unpaired) electrons. The third-order valence-electron chi connectivity index (χ3n) is 8.48. The highest BCUT2D eigenvalue weighted by atomic mass is 19.2. The highest BCUT2D eigenvalue weighted by molar-refractivity contribution is 5.37. The highest BCUT2D eigenvalue weighted by Crippen LogP contribution is 2.43. The maximum atomic E-state index is 14.9. The van der Waals surface area contributed by atoms with Crippen LogP contribution in [0.3, 0.4) is 0 Å². The van der Waals surface area contributed by atoms with Crippen LogP contribution in [-0.4, -0.2) is 19.8 Å². The molecule has 2 saturated carbocycles. The van der Waals surface area contributed by atoms with Crippen molar-refractivity contribution in [2.24, 2.45) is 17.8 Å². The molecule has 2 unspecified atom stereocenters. The SMILES string of the molecule is COC1CCC(C2=CCC(/C=C/C3CCC(c4ccc(C5CO5)c(F)c4F)CC3)C(F)=C2F)CC1. The van der Waals surface area contributed by atoms with Crippen LogP contribution in [0, 0.1) is 29.4 Å². The van der Waals surface area contributed by atoms with E-state index in [1.165, 1.54) is 0 Å². The molecule has 2 nitrogen and oxygen atoms in total. The normalized spacial score (nSPS) is 33.8. The molecule has 0 spiro atoms. The molecule has 5 rings (SSSR count). The number of methoxy groups -OCH3 is 1. The van der Waals surface area contributed by atoms with Gasteiger partial charge in [-0.2, -0.15) is 0 Å². The van der Waals surface area contributed by atoms with Crippen molar-refractivity contribution >= 4 is 0 Å². The smallest absolute Gasteiger partial charge is 0.165 e. The van der Waals surface area contributed by atoms with Gasteiger partial charge in [-0.3, -0.25) is 0 Å². The molecular weight excluding hydrogens is 456 g/mol. The van der Waals surface area contributed by atoms with Crippen molar-refractivity contribution in [2.75, 3.05) is 13.7 Å². The molecule has 0 N–H and O–H groups in total. The number of ether oxygens (including phenoxy) is 2. The summed E-state index contributed by atoms with van der Waals surface area (Å²) in [6.07, 6.45) is 12.6. The van der Waals surface area contributed by atoms with Gasteiger partial charge in [0.05, 0.1) is 12.7 Å². The molecule has 6 heteroatoms. The van der Waals surface area contributed by atoms with Crippen LogP contribution in [0.5, 0.6) is 0 Å². The maximum Gasteiger partial charge on any atom is 0.165 e. The first-order valence-electron chi connectivity index (χ1n) is 13.0. The van der Waals surface area contributed by atoms with E-state index in [0.717, 1.165) is 51.4 Å². The van der Waals surface area contributed by atoms with Crippen molar-refractivity contribution in [2.45, 2.75) is 75.9 Å². The van der Waals surface area contributed by atoms with Crippen molar-refractivity contribution in [1.82, 2.24) is 0 Å². The van der Waals surface area contributed by atoms with E-state index >= 15 is 0 Å². The molecule has 0 amide bonds. The van der Waals surface area contributed by atoms with Gasteiger partial charge in [-0.1, -0.05) is 30.4 Å². The van der Waals surface area contributed by atoms with Crippen LogP contribution < -0.4 is 0 Å². The minimum absolute atomic E-state index is 0.0224. The molecule has 35 heavy (non-hydrogen) atoms. The first-order valence-corrected chi connectivity index (χ1v) is 13.0. The van der Waals surface area contributed by atoms with Crippen LogP contribution in [0.2, 0.25) is 0 Å². The largest absolute Gasteiger partial charge is 0.381 e. The number of hydrogen-bond acceptors (Lipinski definition) is 2. The predicted molar refractivity (Wildman–Crippen MR) is 127 cm³/mol. The fourth-order valence-electron chi connectivity index (χ4n) is 6.15. The van der Waals surface area contributed by atoms with E-state index in [1.807, 2.05) is 12.2 Å². The van der Waals surface area contributed by atoms with E-state index in [0.29, 0.717) is 29.7 Å². The molecule has 3 fully saturated rings. The van der Waals surface area contributed by atoms with E-state index in [2.05, 4.69) is 0 Å². The summed E-state index contributed by atoms with van der Waals surface area (Å²) >= 11 is 0. The average Bonchev–Trinajstić information content (AvgIpc) is 3.72. The Labute approximate surface area is 205 Å². The molecular formula is C29H34F4O2. The van der Waals surface area contributed by atoms with Gasteiger partial charge in [-0.25, -0.2) is 17.6 Å². The van der Waals surface area contributed by atoms with Crippen molar-refractivity contribution < 1.29 is 27.0 Å². The summed E-state index contributed by atoms with van der Waals surface area (Å²) in [5, 5.41) is 0. The Morgan fingerprint density at radius 1 is 0.829 bits per heavy atom. The first kappa shape index (κ1) is 24.8. The van der Waals surface area contributed by atoms with E-state index in [-0.39, 0.29) is 30.0 Å². The Bertz CT molecular complexity index is 1010. The summed E-state index contributed by atoms with van der Waals surface area (Å²) in [4.78, 5) is 0. The second kappa shape index (κ2) is 10.6. The minimum Gasteiger partial charge on any atom is -0.381 e. The molecule has 3 aliphatic carbocycles. The molecule has 1 heterocycles. The molecule has 4 aliphatic rings. The fourth-order valence-corrected chi connectivity index (χ4v) is 6.15. The van der Waals surface area contributed by atoms with Gasteiger partial charge in [0.2, 0.25) is 0 Å². The van der Waals surface area contributed by atoms with Crippen molar-refractivity contribution in [1.29, 1.82) is 0 Å². The standard InChI is InChI=1S/C29H34F4O2/c1-34-21-11-8-19(9-12-21)22-13-10-20(26(30)27(22)31)7-4-17-2-5-18(6-3-17)23-14-15-24(25-16-35-25)29(33)28(23)32/h4,7,13-15,17-21,25H,2-3,5-6,8-12,16H2,1H3/b7-4+. The lowest BCUT2D eigenvalue weighted by atomic mass is 9.77. The summed E-state index contributed by atoms with van der Waals surface area (Å²) in [6, 6.07) is 3.35. The number of hydrogen-bond donors (Lipinski definition) is 0. The molecule has 1 aromatic carbocycles. The van der Waals surface area contributed by atoms with Gasteiger partial charge >= 0.3 is 0 Å². The minimum atomic E-state index is -0.784. The number of halogens is 4. The number of epoxide rings is 1. The molecule has 1 aromatic rings. The fraction of sp³-hybridized carbons (Fsp3) is 0.586. The molecule has 0 bridgehead atoms. The quantitative estimate of drug-likeness (QED) is 0.228. The molecule has 0 aromatic heterocycles. The van der Waals surface area contributed by atoms with Crippen molar-refractivity contribution in [3.8, 4) is 0 Å². The molecule has 190 valence electrons.